The number of carbonyl (C=O) groups excluding carboxylic acids is 1. The van der Waals surface area contributed by atoms with Crippen molar-refractivity contribution in [2.75, 3.05) is 5.32 Å². The lowest BCUT2D eigenvalue weighted by Gasteiger charge is -2.14. The Morgan fingerprint density at radius 3 is 2.47 bits per heavy atom. The number of thiophene rings is 1. The zero-order chi connectivity index (χ0) is 24.0. The molecule has 1 N–H and O–H groups in total. The maximum absolute atomic E-state index is 14.3. The quantitative estimate of drug-likeness (QED) is 0.409. The molecule has 0 radical (unpaired) electrons. The molecule has 0 spiro atoms. The molecule has 8 heteroatoms. The number of anilines is 1. The van der Waals surface area contributed by atoms with Gasteiger partial charge in [0.2, 0.25) is 5.91 Å². The Bertz CT molecular complexity index is 1710. The fraction of sp³-hybridized carbons (Fsp3) is 0.115. The van der Waals surface area contributed by atoms with Gasteiger partial charge < -0.3 is 5.32 Å². The standard InChI is InChI=1S/C26H20FN3O3S/c1-15-11-12-17(13-19(15)27)30-25(32)24-23(18-8-4-6-10-21(18)34-24)29(26(30)33)14-22(31)28-20-9-5-3-7-16(20)2/h3-13H,14H2,1-2H3,(H,28,31). The molecular formula is C26H20FN3O3S. The molecule has 0 unspecified atom stereocenters. The summed E-state index contributed by atoms with van der Waals surface area (Å²) in [6.45, 7) is 3.17. The van der Waals surface area contributed by atoms with E-state index in [2.05, 4.69) is 5.32 Å². The van der Waals surface area contributed by atoms with E-state index in [1.807, 2.05) is 49.4 Å². The van der Waals surface area contributed by atoms with Crippen molar-refractivity contribution in [3.8, 4) is 5.69 Å². The number of nitrogens with one attached hydrogen (secondary N) is 1. The summed E-state index contributed by atoms with van der Waals surface area (Å²) >= 11 is 1.24. The number of halogens is 1. The van der Waals surface area contributed by atoms with Gasteiger partial charge in [0.1, 0.15) is 17.1 Å². The zero-order valence-electron chi connectivity index (χ0n) is 18.5. The summed E-state index contributed by atoms with van der Waals surface area (Å²) in [5.74, 6) is -0.933. The predicted molar refractivity (Wildman–Crippen MR) is 134 cm³/mol. The summed E-state index contributed by atoms with van der Waals surface area (Å²) in [6, 6.07) is 18.9. The van der Waals surface area contributed by atoms with Gasteiger partial charge in [-0.15, -0.1) is 11.3 Å². The van der Waals surface area contributed by atoms with Crippen LogP contribution in [0.5, 0.6) is 0 Å². The second kappa shape index (κ2) is 8.39. The van der Waals surface area contributed by atoms with Crippen molar-refractivity contribution in [2.45, 2.75) is 20.4 Å². The molecule has 2 aromatic heterocycles. The van der Waals surface area contributed by atoms with Crippen LogP contribution in [-0.4, -0.2) is 15.0 Å². The smallest absolute Gasteiger partial charge is 0.324 e. The fourth-order valence-corrected chi connectivity index (χ4v) is 5.13. The van der Waals surface area contributed by atoms with Gasteiger partial charge >= 0.3 is 5.69 Å². The highest BCUT2D eigenvalue weighted by Crippen LogP contribution is 2.31. The summed E-state index contributed by atoms with van der Waals surface area (Å²) in [6.07, 6.45) is 0. The molecule has 0 aliphatic carbocycles. The minimum atomic E-state index is -0.704. The van der Waals surface area contributed by atoms with Crippen LogP contribution in [0.1, 0.15) is 11.1 Å². The van der Waals surface area contributed by atoms with E-state index in [-0.39, 0.29) is 12.2 Å². The minimum Gasteiger partial charge on any atom is -0.324 e. The lowest BCUT2D eigenvalue weighted by atomic mass is 10.2. The van der Waals surface area contributed by atoms with Crippen LogP contribution in [0.4, 0.5) is 10.1 Å². The van der Waals surface area contributed by atoms with E-state index in [1.54, 1.807) is 13.0 Å². The average molecular weight is 474 g/mol. The Balaban J connectivity index is 1.74. The maximum Gasteiger partial charge on any atom is 0.336 e. The molecule has 0 atom stereocenters. The molecule has 34 heavy (non-hydrogen) atoms. The van der Waals surface area contributed by atoms with Crippen molar-refractivity contribution in [2.24, 2.45) is 0 Å². The third-order valence-electron chi connectivity index (χ3n) is 5.79. The maximum atomic E-state index is 14.3. The van der Waals surface area contributed by atoms with Crippen LogP contribution in [-0.2, 0) is 11.3 Å². The molecule has 2 heterocycles. The van der Waals surface area contributed by atoms with Gasteiger partial charge in [-0.2, -0.15) is 0 Å². The number of para-hydroxylation sites is 1. The molecule has 5 rings (SSSR count). The zero-order valence-corrected chi connectivity index (χ0v) is 19.3. The Hall–Kier alpha value is -4.04. The number of aryl methyl sites for hydroxylation is 2. The van der Waals surface area contributed by atoms with Crippen LogP contribution in [0.3, 0.4) is 0 Å². The first-order valence-electron chi connectivity index (χ1n) is 10.6. The first-order chi connectivity index (χ1) is 16.3. The van der Waals surface area contributed by atoms with Crippen LogP contribution in [0.15, 0.2) is 76.3 Å². The van der Waals surface area contributed by atoms with Crippen LogP contribution < -0.4 is 16.6 Å². The van der Waals surface area contributed by atoms with Gasteiger partial charge in [0.05, 0.1) is 11.2 Å². The largest absolute Gasteiger partial charge is 0.336 e. The Morgan fingerprint density at radius 1 is 0.971 bits per heavy atom. The molecule has 0 saturated heterocycles. The number of benzene rings is 3. The SMILES string of the molecule is Cc1ccc(-n2c(=O)c3sc4ccccc4c3n(CC(=O)Nc3ccccc3C)c2=O)cc1F. The van der Waals surface area contributed by atoms with Crippen LogP contribution in [0.25, 0.3) is 26.0 Å². The number of amides is 1. The van der Waals surface area contributed by atoms with Gasteiger partial charge in [0, 0.05) is 15.8 Å². The molecule has 3 aromatic carbocycles. The summed E-state index contributed by atoms with van der Waals surface area (Å²) in [5, 5.41) is 3.55. The monoisotopic (exact) mass is 473 g/mol. The predicted octanol–water partition coefficient (Wildman–Crippen LogP) is 4.76. The van der Waals surface area contributed by atoms with E-state index in [0.717, 1.165) is 20.9 Å². The fourth-order valence-electron chi connectivity index (χ4n) is 3.99. The first-order valence-corrected chi connectivity index (χ1v) is 11.5. The number of carbonyl (C=O) groups is 1. The normalized spacial score (nSPS) is 11.3. The number of fused-ring (bicyclic) bond motifs is 3. The van der Waals surface area contributed by atoms with E-state index in [1.165, 1.54) is 28.0 Å². The van der Waals surface area contributed by atoms with Gasteiger partial charge in [-0.3, -0.25) is 14.2 Å². The highest BCUT2D eigenvalue weighted by atomic mass is 32.1. The van der Waals surface area contributed by atoms with E-state index in [9.17, 15) is 18.8 Å². The van der Waals surface area contributed by atoms with Crippen molar-refractivity contribution in [1.29, 1.82) is 0 Å². The molecule has 6 nitrogen and oxygen atoms in total. The number of hydrogen-bond donors (Lipinski definition) is 1. The molecule has 1 amide bonds. The van der Waals surface area contributed by atoms with E-state index < -0.39 is 23.0 Å². The second-order valence-electron chi connectivity index (χ2n) is 8.08. The molecule has 0 saturated carbocycles. The summed E-state index contributed by atoms with van der Waals surface area (Å²) < 4.78 is 17.7. The Labute approximate surface area is 197 Å². The molecule has 0 fully saturated rings. The van der Waals surface area contributed by atoms with Crippen molar-refractivity contribution in [1.82, 2.24) is 9.13 Å². The molecule has 0 aliphatic rings. The van der Waals surface area contributed by atoms with Gasteiger partial charge in [0.15, 0.2) is 0 Å². The first kappa shape index (κ1) is 21.8. The van der Waals surface area contributed by atoms with E-state index in [0.29, 0.717) is 26.9 Å². The lowest BCUT2D eigenvalue weighted by Crippen LogP contribution is -2.40. The van der Waals surface area contributed by atoms with Crippen LogP contribution in [0.2, 0.25) is 0 Å². The van der Waals surface area contributed by atoms with Crippen molar-refractivity contribution >= 4 is 43.2 Å². The number of aromatic nitrogens is 2. The van der Waals surface area contributed by atoms with Crippen molar-refractivity contribution in [3.05, 3.63) is 105 Å². The number of rotatable bonds is 4. The summed E-state index contributed by atoms with van der Waals surface area (Å²) in [4.78, 5) is 40.1. The van der Waals surface area contributed by atoms with Gasteiger partial charge in [-0.25, -0.2) is 13.8 Å². The van der Waals surface area contributed by atoms with E-state index in [4.69, 9.17) is 0 Å². The minimum absolute atomic E-state index is 0.116. The molecule has 5 aromatic rings. The highest BCUT2D eigenvalue weighted by Gasteiger charge is 2.21. The van der Waals surface area contributed by atoms with E-state index >= 15 is 0 Å². The second-order valence-corrected chi connectivity index (χ2v) is 9.13. The topological polar surface area (TPSA) is 73.1 Å². The Morgan fingerprint density at radius 2 is 1.71 bits per heavy atom. The highest BCUT2D eigenvalue weighted by molar-refractivity contribution is 7.25. The summed E-state index contributed by atoms with van der Waals surface area (Å²) in [5.41, 5.74) is 1.20. The van der Waals surface area contributed by atoms with Crippen LogP contribution in [0, 0.1) is 19.7 Å². The molecule has 170 valence electrons. The third-order valence-corrected chi connectivity index (χ3v) is 6.94. The molecular weight excluding hydrogens is 453 g/mol. The van der Waals surface area contributed by atoms with Crippen molar-refractivity contribution < 1.29 is 9.18 Å². The number of hydrogen-bond acceptors (Lipinski definition) is 4. The molecule has 0 bridgehead atoms. The number of nitrogens with zero attached hydrogens (tertiary/aromatic N) is 2. The lowest BCUT2D eigenvalue weighted by molar-refractivity contribution is -0.116. The van der Waals surface area contributed by atoms with Crippen LogP contribution >= 0.6 is 11.3 Å². The summed E-state index contributed by atoms with van der Waals surface area (Å²) in [7, 11) is 0. The van der Waals surface area contributed by atoms with Crippen molar-refractivity contribution in [3.63, 3.8) is 0 Å². The van der Waals surface area contributed by atoms with Gasteiger partial charge in [-0.05, 0) is 49.2 Å². The third kappa shape index (κ3) is 3.62. The van der Waals surface area contributed by atoms with Gasteiger partial charge in [0.25, 0.3) is 5.56 Å². The Kier molecular flexibility index (Phi) is 5.37. The van der Waals surface area contributed by atoms with Gasteiger partial charge in [-0.1, -0.05) is 42.5 Å². The molecule has 0 aliphatic heterocycles. The average Bonchev–Trinajstić information content (AvgIpc) is 3.20.